The topological polar surface area (TPSA) is 62.5 Å². The number of hydrogen-bond acceptors (Lipinski definition) is 2. The van der Waals surface area contributed by atoms with Crippen molar-refractivity contribution < 1.29 is 14.7 Å². The summed E-state index contributed by atoms with van der Waals surface area (Å²) >= 11 is 0. The molecule has 1 aliphatic heterocycles. The van der Waals surface area contributed by atoms with Gasteiger partial charge in [0.15, 0.2) is 0 Å². The van der Waals surface area contributed by atoms with Gasteiger partial charge in [0.05, 0.1) is 5.92 Å². The first-order valence-electron chi connectivity index (χ1n) is 6.85. The van der Waals surface area contributed by atoms with Crippen LogP contribution in [0.2, 0.25) is 0 Å². The van der Waals surface area contributed by atoms with Gasteiger partial charge in [-0.1, -0.05) is 0 Å². The van der Waals surface area contributed by atoms with E-state index in [9.17, 15) is 9.59 Å². The van der Waals surface area contributed by atoms with E-state index < -0.39 is 11.9 Å². The summed E-state index contributed by atoms with van der Waals surface area (Å²) in [6.45, 7) is 0.885. The first-order chi connectivity index (χ1) is 9.16. The SMILES string of the molecule is O=C(O)C1CCN(C(=O)c2cccn2C2CCC2)C1. The number of likely N-dealkylation sites (tertiary alicyclic amines) is 1. The van der Waals surface area contributed by atoms with Crippen LogP contribution in [0.5, 0.6) is 0 Å². The molecule has 1 saturated heterocycles. The third-order valence-electron chi connectivity index (χ3n) is 4.29. The molecule has 1 aromatic rings. The van der Waals surface area contributed by atoms with Crippen molar-refractivity contribution in [3.05, 3.63) is 24.0 Å². The maximum atomic E-state index is 12.5. The number of carbonyl (C=O) groups excluding carboxylic acids is 1. The van der Waals surface area contributed by atoms with Crippen molar-refractivity contribution in [2.24, 2.45) is 5.92 Å². The van der Waals surface area contributed by atoms with Gasteiger partial charge in [-0.3, -0.25) is 9.59 Å². The fraction of sp³-hybridized carbons (Fsp3) is 0.571. The number of rotatable bonds is 3. The number of nitrogens with zero attached hydrogens (tertiary/aromatic N) is 2. The van der Waals surface area contributed by atoms with Crippen LogP contribution >= 0.6 is 0 Å². The molecule has 1 unspecified atom stereocenters. The molecule has 1 saturated carbocycles. The van der Waals surface area contributed by atoms with E-state index in [2.05, 4.69) is 4.57 Å². The van der Waals surface area contributed by atoms with E-state index in [0.29, 0.717) is 31.2 Å². The predicted molar refractivity (Wildman–Crippen MR) is 69.0 cm³/mol. The van der Waals surface area contributed by atoms with E-state index in [1.165, 1.54) is 6.42 Å². The van der Waals surface area contributed by atoms with Gasteiger partial charge in [0.1, 0.15) is 5.69 Å². The zero-order chi connectivity index (χ0) is 13.4. The van der Waals surface area contributed by atoms with Gasteiger partial charge >= 0.3 is 5.97 Å². The highest BCUT2D eigenvalue weighted by Gasteiger charge is 2.33. The van der Waals surface area contributed by atoms with Gasteiger partial charge in [0, 0.05) is 25.3 Å². The van der Waals surface area contributed by atoms with Crippen LogP contribution in [0.15, 0.2) is 18.3 Å². The highest BCUT2D eigenvalue weighted by atomic mass is 16.4. The quantitative estimate of drug-likeness (QED) is 0.902. The monoisotopic (exact) mass is 262 g/mol. The maximum absolute atomic E-state index is 12.5. The van der Waals surface area contributed by atoms with Crippen LogP contribution in [0.3, 0.4) is 0 Å². The first kappa shape index (κ1) is 12.3. The average Bonchev–Trinajstić information content (AvgIpc) is 2.94. The predicted octanol–water partition coefficient (Wildman–Crippen LogP) is 1.76. The molecule has 3 rings (SSSR count). The Hall–Kier alpha value is -1.78. The third-order valence-corrected chi connectivity index (χ3v) is 4.29. The molecular weight excluding hydrogens is 244 g/mol. The van der Waals surface area contributed by atoms with Crippen LogP contribution in [0, 0.1) is 5.92 Å². The molecule has 1 amide bonds. The maximum Gasteiger partial charge on any atom is 0.308 e. The van der Waals surface area contributed by atoms with E-state index in [1.54, 1.807) is 4.90 Å². The number of hydrogen-bond donors (Lipinski definition) is 1. The fourth-order valence-electron chi connectivity index (χ4n) is 2.87. The summed E-state index contributed by atoms with van der Waals surface area (Å²) in [4.78, 5) is 25.1. The number of amides is 1. The summed E-state index contributed by atoms with van der Waals surface area (Å²) in [5.41, 5.74) is 0.704. The van der Waals surface area contributed by atoms with E-state index in [0.717, 1.165) is 12.8 Å². The molecule has 2 aliphatic rings. The lowest BCUT2D eigenvalue weighted by atomic mass is 9.93. The summed E-state index contributed by atoms with van der Waals surface area (Å²) < 4.78 is 2.06. The Balaban J connectivity index is 1.74. The fourth-order valence-corrected chi connectivity index (χ4v) is 2.87. The van der Waals surface area contributed by atoms with Crippen LogP contribution in [-0.4, -0.2) is 39.5 Å². The molecule has 2 fully saturated rings. The Morgan fingerprint density at radius 1 is 1.26 bits per heavy atom. The van der Waals surface area contributed by atoms with Gasteiger partial charge in [-0.05, 0) is 37.8 Å². The van der Waals surface area contributed by atoms with Crippen molar-refractivity contribution in [1.29, 1.82) is 0 Å². The highest BCUT2D eigenvalue weighted by Crippen LogP contribution is 2.33. The van der Waals surface area contributed by atoms with Crippen molar-refractivity contribution in [3.8, 4) is 0 Å². The molecule has 0 bridgehead atoms. The van der Waals surface area contributed by atoms with Crippen LogP contribution in [0.4, 0.5) is 0 Å². The van der Waals surface area contributed by atoms with Crippen molar-refractivity contribution in [2.75, 3.05) is 13.1 Å². The number of carbonyl (C=O) groups is 2. The highest BCUT2D eigenvalue weighted by molar-refractivity contribution is 5.93. The lowest BCUT2D eigenvalue weighted by Gasteiger charge is -2.29. The Kier molecular flexibility index (Phi) is 3.05. The molecule has 1 aromatic heterocycles. The normalized spacial score (nSPS) is 23.4. The average molecular weight is 262 g/mol. The number of aromatic nitrogens is 1. The van der Waals surface area contributed by atoms with Gasteiger partial charge in [-0.25, -0.2) is 0 Å². The molecule has 0 aromatic carbocycles. The Morgan fingerprint density at radius 2 is 2.05 bits per heavy atom. The molecule has 5 nitrogen and oxygen atoms in total. The molecule has 1 aliphatic carbocycles. The van der Waals surface area contributed by atoms with Crippen LogP contribution in [0.25, 0.3) is 0 Å². The zero-order valence-corrected chi connectivity index (χ0v) is 10.8. The summed E-state index contributed by atoms with van der Waals surface area (Å²) in [5.74, 6) is -1.23. The van der Waals surface area contributed by atoms with Gasteiger partial charge in [0.2, 0.25) is 0 Å². The lowest BCUT2D eigenvalue weighted by Crippen LogP contribution is -2.32. The van der Waals surface area contributed by atoms with E-state index in [1.807, 2.05) is 18.3 Å². The molecular formula is C14H18N2O3. The summed E-state index contributed by atoms with van der Waals surface area (Å²) in [6.07, 6.45) is 6.01. The molecule has 2 heterocycles. The summed E-state index contributed by atoms with van der Waals surface area (Å²) in [7, 11) is 0. The molecule has 0 spiro atoms. The summed E-state index contributed by atoms with van der Waals surface area (Å²) in [5, 5.41) is 8.99. The van der Waals surface area contributed by atoms with Crippen molar-refractivity contribution in [2.45, 2.75) is 31.7 Å². The molecule has 1 N–H and O–H groups in total. The first-order valence-corrected chi connectivity index (χ1v) is 6.85. The Labute approximate surface area is 111 Å². The number of carboxylic acids is 1. The standard InChI is InChI=1S/C14H18N2O3/c17-13(15-8-6-10(9-15)14(18)19)12-5-2-7-16(12)11-3-1-4-11/h2,5,7,10-11H,1,3-4,6,8-9H2,(H,18,19). The molecule has 19 heavy (non-hydrogen) atoms. The smallest absolute Gasteiger partial charge is 0.308 e. The molecule has 102 valence electrons. The van der Waals surface area contributed by atoms with Crippen molar-refractivity contribution in [3.63, 3.8) is 0 Å². The minimum absolute atomic E-state index is 0.0272. The van der Waals surface area contributed by atoms with Gasteiger partial charge < -0.3 is 14.6 Å². The zero-order valence-electron chi connectivity index (χ0n) is 10.8. The van der Waals surface area contributed by atoms with E-state index in [4.69, 9.17) is 5.11 Å². The molecule has 0 radical (unpaired) electrons. The second-order valence-electron chi connectivity index (χ2n) is 5.46. The van der Waals surface area contributed by atoms with Crippen molar-refractivity contribution in [1.82, 2.24) is 9.47 Å². The van der Waals surface area contributed by atoms with Crippen LogP contribution in [0.1, 0.15) is 42.2 Å². The van der Waals surface area contributed by atoms with E-state index in [-0.39, 0.29) is 5.91 Å². The van der Waals surface area contributed by atoms with Gasteiger partial charge in [-0.2, -0.15) is 0 Å². The van der Waals surface area contributed by atoms with Gasteiger partial charge in [0.25, 0.3) is 5.91 Å². The minimum Gasteiger partial charge on any atom is -0.481 e. The second-order valence-corrected chi connectivity index (χ2v) is 5.46. The van der Waals surface area contributed by atoms with Crippen LogP contribution < -0.4 is 0 Å². The Morgan fingerprint density at radius 3 is 2.63 bits per heavy atom. The number of aliphatic carboxylic acids is 1. The molecule has 1 atom stereocenters. The van der Waals surface area contributed by atoms with Crippen molar-refractivity contribution >= 4 is 11.9 Å². The Bertz CT molecular complexity index is 505. The minimum atomic E-state index is -0.801. The third kappa shape index (κ3) is 2.13. The van der Waals surface area contributed by atoms with E-state index >= 15 is 0 Å². The van der Waals surface area contributed by atoms with Crippen LogP contribution in [-0.2, 0) is 4.79 Å². The lowest BCUT2D eigenvalue weighted by molar-refractivity contribution is -0.141. The number of carboxylic acid groups (broad SMARTS) is 1. The summed E-state index contributed by atoms with van der Waals surface area (Å²) in [6, 6.07) is 4.19. The van der Waals surface area contributed by atoms with Gasteiger partial charge in [-0.15, -0.1) is 0 Å². The largest absolute Gasteiger partial charge is 0.481 e. The molecule has 5 heteroatoms. The second kappa shape index (κ2) is 4.72.